The number of amides is 1. The maximum Gasteiger partial charge on any atom is 0.408 e. The number of alkyl carbamates (subject to hydrolysis) is 1. The van der Waals surface area contributed by atoms with Crippen LogP contribution in [0.15, 0.2) is 0 Å². The van der Waals surface area contributed by atoms with E-state index in [-0.39, 0.29) is 0 Å². The van der Waals surface area contributed by atoms with Gasteiger partial charge < -0.3 is 10.1 Å². The highest BCUT2D eigenvalue weighted by atomic mass is 16.6. The molecule has 0 saturated heterocycles. The zero-order valence-electron chi connectivity index (χ0n) is 7.93. The Morgan fingerprint density at radius 2 is 2.08 bits per heavy atom. The van der Waals surface area contributed by atoms with Crippen molar-refractivity contribution in [1.82, 2.24) is 5.32 Å². The predicted molar refractivity (Wildman–Crippen MR) is 50.2 cm³/mol. The fourth-order valence-corrected chi connectivity index (χ4v) is 1.63. The van der Waals surface area contributed by atoms with Crippen molar-refractivity contribution in [2.75, 3.05) is 7.05 Å². The molecule has 1 aliphatic carbocycles. The second kappa shape index (κ2) is 4.18. The monoisotopic (exact) mass is 181 g/mol. The largest absolute Gasteiger partial charge is 0.430 e. The summed E-state index contributed by atoms with van der Waals surface area (Å²) in [6, 6.07) is 0. The fraction of sp³-hybridized carbons (Fsp3) is 0.700. The zero-order chi connectivity index (χ0) is 9.73. The second-order valence-electron chi connectivity index (χ2n) is 3.34. The Kier molecular flexibility index (Phi) is 3.18. The molecule has 0 aromatic heterocycles. The van der Waals surface area contributed by atoms with E-state index in [2.05, 4.69) is 11.2 Å². The molecule has 0 aromatic carbocycles. The molecular weight excluding hydrogens is 166 g/mol. The molecule has 0 bridgehead atoms. The molecule has 0 radical (unpaired) electrons. The summed E-state index contributed by atoms with van der Waals surface area (Å²) in [6.45, 7) is 0. The summed E-state index contributed by atoms with van der Waals surface area (Å²) < 4.78 is 5.19. The van der Waals surface area contributed by atoms with E-state index in [9.17, 15) is 4.79 Å². The Bertz CT molecular complexity index is 224. The van der Waals surface area contributed by atoms with Crippen LogP contribution in [0.4, 0.5) is 4.79 Å². The lowest BCUT2D eigenvalue weighted by Crippen LogP contribution is -2.38. The summed E-state index contributed by atoms with van der Waals surface area (Å²) in [6.07, 6.45) is 9.80. The van der Waals surface area contributed by atoms with Gasteiger partial charge in [-0.15, -0.1) is 6.42 Å². The number of nitrogens with one attached hydrogen (secondary N) is 1. The molecule has 0 atom stereocenters. The number of carbonyl (C=O) groups is 1. The van der Waals surface area contributed by atoms with E-state index >= 15 is 0 Å². The minimum Gasteiger partial charge on any atom is -0.430 e. The van der Waals surface area contributed by atoms with Gasteiger partial charge in [-0.1, -0.05) is 12.3 Å². The van der Waals surface area contributed by atoms with Crippen molar-refractivity contribution < 1.29 is 9.53 Å². The highest BCUT2D eigenvalue weighted by Crippen LogP contribution is 2.30. The highest BCUT2D eigenvalue weighted by Gasteiger charge is 2.33. The average Bonchev–Trinajstić information content (AvgIpc) is 2.19. The van der Waals surface area contributed by atoms with Crippen molar-refractivity contribution in [3.05, 3.63) is 0 Å². The number of hydrogen-bond donors (Lipinski definition) is 1. The molecule has 1 N–H and O–H groups in total. The number of carbonyl (C=O) groups excluding carboxylic acids is 1. The summed E-state index contributed by atoms with van der Waals surface area (Å²) in [5, 5.41) is 2.41. The summed E-state index contributed by atoms with van der Waals surface area (Å²) >= 11 is 0. The minimum atomic E-state index is -0.641. The molecule has 1 fully saturated rings. The van der Waals surface area contributed by atoms with Crippen LogP contribution in [0, 0.1) is 12.3 Å². The zero-order valence-corrected chi connectivity index (χ0v) is 7.93. The molecule has 1 saturated carbocycles. The van der Waals surface area contributed by atoms with E-state index < -0.39 is 11.7 Å². The first-order chi connectivity index (χ1) is 6.22. The lowest BCUT2D eigenvalue weighted by Gasteiger charge is -2.31. The second-order valence-corrected chi connectivity index (χ2v) is 3.34. The molecule has 3 nitrogen and oxygen atoms in total. The molecule has 1 amide bonds. The molecule has 0 aliphatic heterocycles. The van der Waals surface area contributed by atoms with E-state index in [1.807, 2.05) is 0 Å². The van der Waals surface area contributed by atoms with E-state index in [1.165, 1.54) is 13.5 Å². The van der Waals surface area contributed by atoms with E-state index in [0.717, 1.165) is 25.7 Å². The average molecular weight is 181 g/mol. The Morgan fingerprint density at radius 3 is 2.54 bits per heavy atom. The van der Waals surface area contributed by atoms with Crippen LogP contribution < -0.4 is 5.32 Å². The van der Waals surface area contributed by atoms with Gasteiger partial charge in [0.05, 0.1) is 0 Å². The summed E-state index contributed by atoms with van der Waals surface area (Å²) in [7, 11) is 1.54. The van der Waals surface area contributed by atoms with Crippen LogP contribution in [-0.2, 0) is 4.74 Å². The number of terminal acetylenes is 1. The fourth-order valence-electron chi connectivity index (χ4n) is 1.63. The standard InChI is InChI=1S/C10H15NO2/c1-3-10(13-9(12)11-2)7-5-4-6-8-10/h1H,4-8H2,2H3,(H,11,12). The molecule has 0 unspecified atom stereocenters. The van der Waals surface area contributed by atoms with Crippen LogP contribution in [0.1, 0.15) is 32.1 Å². The summed E-state index contributed by atoms with van der Waals surface area (Å²) in [5.41, 5.74) is -0.641. The summed E-state index contributed by atoms with van der Waals surface area (Å²) in [4.78, 5) is 11.0. The lowest BCUT2D eigenvalue weighted by atomic mass is 9.85. The van der Waals surface area contributed by atoms with Crippen LogP contribution >= 0.6 is 0 Å². The van der Waals surface area contributed by atoms with Crippen molar-refractivity contribution in [2.24, 2.45) is 0 Å². The molecule has 0 aromatic rings. The van der Waals surface area contributed by atoms with Crippen LogP contribution in [0.5, 0.6) is 0 Å². The number of hydrogen-bond acceptors (Lipinski definition) is 2. The third kappa shape index (κ3) is 2.38. The Balaban J connectivity index is 2.59. The maximum atomic E-state index is 11.0. The van der Waals surface area contributed by atoms with Gasteiger partial charge in [-0.25, -0.2) is 4.79 Å². The smallest absolute Gasteiger partial charge is 0.408 e. The van der Waals surface area contributed by atoms with Gasteiger partial charge in [0.15, 0.2) is 5.60 Å². The molecular formula is C10H15NO2. The van der Waals surface area contributed by atoms with Crippen molar-refractivity contribution >= 4 is 6.09 Å². The Hall–Kier alpha value is -1.17. The van der Waals surface area contributed by atoms with E-state index in [0.29, 0.717) is 0 Å². The van der Waals surface area contributed by atoms with Crippen molar-refractivity contribution in [2.45, 2.75) is 37.7 Å². The van der Waals surface area contributed by atoms with Crippen LogP contribution in [0.3, 0.4) is 0 Å². The first-order valence-electron chi connectivity index (χ1n) is 4.61. The first-order valence-corrected chi connectivity index (χ1v) is 4.61. The molecule has 1 rings (SSSR count). The number of rotatable bonds is 1. The van der Waals surface area contributed by atoms with Crippen molar-refractivity contribution in [3.63, 3.8) is 0 Å². The number of ether oxygens (including phenoxy) is 1. The van der Waals surface area contributed by atoms with Gasteiger partial charge in [0, 0.05) is 7.05 Å². The van der Waals surface area contributed by atoms with Gasteiger partial charge in [-0.2, -0.15) is 0 Å². The van der Waals surface area contributed by atoms with E-state index in [1.54, 1.807) is 0 Å². The van der Waals surface area contributed by atoms with Gasteiger partial charge in [0.1, 0.15) is 0 Å². The normalized spacial score (nSPS) is 20.0. The third-order valence-corrected chi connectivity index (χ3v) is 2.42. The van der Waals surface area contributed by atoms with Crippen molar-refractivity contribution in [3.8, 4) is 12.3 Å². The maximum absolute atomic E-state index is 11.0. The Labute approximate surface area is 78.8 Å². The quantitative estimate of drug-likeness (QED) is 0.625. The molecule has 72 valence electrons. The van der Waals surface area contributed by atoms with Crippen LogP contribution in [0.2, 0.25) is 0 Å². The Morgan fingerprint density at radius 1 is 1.46 bits per heavy atom. The molecule has 0 heterocycles. The van der Waals surface area contributed by atoms with Gasteiger partial charge in [-0.05, 0) is 25.7 Å². The van der Waals surface area contributed by atoms with Crippen molar-refractivity contribution in [1.29, 1.82) is 0 Å². The topological polar surface area (TPSA) is 38.3 Å². The predicted octanol–water partition coefficient (Wildman–Crippen LogP) is 1.68. The van der Waals surface area contributed by atoms with Gasteiger partial charge in [0.25, 0.3) is 0 Å². The van der Waals surface area contributed by atoms with Gasteiger partial charge in [-0.3, -0.25) is 0 Å². The van der Waals surface area contributed by atoms with Gasteiger partial charge in [0.2, 0.25) is 0 Å². The van der Waals surface area contributed by atoms with Gasteiger partial charge >= 0.3 is 6.09 Å². The molecule has 3 heteroatoms. The van der Waals surface area contributed by atoms with E-state index in [4.69, 9.17) is 11.2 Å². The third-order valence-electron chi connectivity index (χ3n) is 2.42. The molecule has 0 spiro atoms. The molecule has 1 aliphatic rings. The van der Waals surface area contributed by atoms with Crippen LogP contribution in [-0.4, -0.2) is 18.7 Å². The summed E-state index contributed by atoms with van der Waals surface area (Å²) in [5.74, 6) is 2.60. The molecule has 13 heavy (non-hydrogen) atoms. The first kappa shape index (κ1) is 9.91. The lowest BCUT2D eigenvalue weighted by molar-refractivity contribution is 0.0287. The minimum absolute atomic E-state index is 0.431. The SMILES string of the molecule is C#CC1(OC(=O)NC)CCCCC1. The highest BCUT2D eigenvalue weighted by molar-refractivity contribution is 5.67. The van der Waals surface area contributed by atoms with Crippen LogP contribution in [0.25, 0.3) is 0 Å².